The molecular formula is C10H17N3O2. The Morgan fingerprint density at radius 2 is 2.40 bits per heavy atom. The molecule has 1 heterocycles. The van der Waals surface area contributed by atoms with E-state index < -0.39 is 0 Å². The molecule has 0 radical (unpaired) electrons. The van der Waals surface area contributed by atoms with E-state index in [0.717, 1.165) is 18.8 Å². The van der Waals surface area contributed by atoms with Crippen LogP contribution in [0, 0.1) is 0 Å². The Balaban J connectivity index is 2.31. The van der Waals surface area contributed by atoms with Crippen molar-refractivity contribution in [2.45, 2.75) is 6.42 Å². The summed E-state index contributed by atoms with van der Waals surface area (Å²) in [6.07, 6.45) is 4.52. The zero-order valence-corrected chi connectivity index (χ0v) is 9.43. The maximum atomic E-state index is 11.0. The third kappa shape index (κ3) is 3.71. The number of esters is 1. The van der Waals surface area contributed by atoms with Crippen molar-refractivity contribution in [3.8, 4) is 0 Å². The van der Waals surface area contributed by atoms with Crippen molar-refractivity contribution in [2.24, 2.45) is 7.05 Å². The lowest BCUT2D eigenvalue weighted by molar-refractivity contribution is -0.141. The molecule has 0 aliphatic rings. The molecule has 0 aliphatic heterocycles. The van der Waals surface area contributed by atoms with Crippen LogP contribution in [-0.4, -0.2) is 47.7 Å². The van der Waals surface area contributed by atoms with Crippen LogP contribution in [0.4, 0.5) is 0 Å². The van der Waals surface area contributed by atoms with Crippen LogP contribution in [0.5, 0.6) is 0 Å². The van der Waals surface area contributed by atoms with Gasteiger partial charge in [0, 0.05) is 32.4 Å². The van der Waals surface area contributed by atoms with Gasteiger partial charge < -0.3 is 9.30 Å². The molecule has 0 bridgehead atoms. The third-order valence-corrected chi connectivity index (χ3v) is 2.26. The predicted molar refractivity (Wildman–Crippen MR) is 56.4 cm³/mol. The number of imidazole rings is 1. The molecule has 0 saturated carbocycles. The number of carbonyl (C=O) groups is 1. The summed E-state index contributed by atoms with van der Waals surface area (Å²) in [5, 5.41) is 0. The van der Waals surface area contributed by atoms with E-state index in [0.29, 0.717) is 6.54 Å². The molecule has 1 aromatic rings. The Labute approximate surface area is 89.7 Å². The number of carbonyl (C=O) groups excluding carboxylic acids is 1. The molecule has 0 aliphatic carbocycles. The summed E-state index contributed by atoms with van der Waals surface area (Å²) in [6, 6.07) is 0. The average molecular weight is 211 g/mol. The van der Waals surface area contributed by atoms with E-state index in [1.54, 1.807) is 6.20 Å². The number of aryl methyl sites for hydroxylation is 1. The smallest absolute Gasteiger partial charge is 0.319 e. The van der Waals surface area contributed by atoms with Crippen LogP contribution in [0.2, 0.25) is 0 Å². The van der Waals surface area contributed by atoms with Gasteiger partial charge in [0.15, 0.2) is 0 Å². The van der Waals surface area contributed by atoms with Crippen molar-refractivity contribution in [1.29, 1.82) is 0 Å². The Kier molecular flexibility index (Phi) is 4.30. The van der Waals surface area contributed by atoms with Gasteiger partial charge in [-0.15, -0.1) is 0 Å². The highest BCUT2D eigenvalue weighted by atomic mass is 16.5. The van der Waals surface area contributed by atoms with Crippen molar-refractivity contribution in [3.63, 3.8) is 0 Å². The minimum atomic E-state index is -0.211. The predicted octanol–water partition coefficient (Wildman–Crippen LogP) is 0.0674. The first kappa shape index (κ1) is 11.7. The van der Waals surface area contributed by atoms with E-state index in [1.165, 1.54) is 7.11 Å². The van der Waals surface area contributed by atoms with E-state index in [4.69, 9.17) is 0 Å². The standard InChI is InChI=1S/C10H17N3O2/c1-12(8-10(14)15-3)6-4-9-11-5-7-13(9)2/h5,7H,4,6,8H2,1-3H3. The van der Waals surface area contributed by atoms with Gasteiger partial charge in [-0.05, 0) is 7.05 Å². The highest BCUT2D eigenvalue weighted by Crippen LogP contribution is 1.97. The number of hydrogen-bond donors (Lipinski definition) is 0. The molecule has 0 unspecified atom stereocenters. The molecule has 84 valence electrons. The fourth-order valence-corrected chi connectivity index (χ4v) is 1.29. The zero-order valence-electron chi connectivity index (χ0n) is 9.43. The van der Waals surface area contributed by atoms with E-state index in [1.807, 2.05) is 29.8 Å². The van der Waals surface area contributed by atoms with Gasteiger partial charge in [0.25, 0.3) is 0 Å². The lowest BCUT2D eigenvalue weighted by Crippen LogP contribution is -2.29. The summed E-state index contributed by atoms with van der Waals surface area (Å²) in [6.45, 7) is 1.11. The van der Waals surface area contributed by atoms with Gasteiger partial charge in [-0.1, -0.05) is 0 Å². The molecule has 0 spiro atoms. The lowest BCUT2D eigenvalue weighted by Gasteiger charge is -2.14. The van der Waals surface area contributed by atoms with Crippen LogP contribution in [0.3, 0.4) is 0 Å². The first-order chi connectivity index (χ1) is 7.13. The normalized spacial score (nSPS) is 10.7. The SMILES string of the molecule is COC(=O)CN(C)CCc1nccn1C. The first-order valence-corrected chi connectivity index (χ1v) is 4.85. The van der Waals surface area contributed by atoms with E-state index in [-0.39, 0.29) is 5.97 Å². The number of hydrogen-bond acceptors (Lipinski definition) is 4. The maximum absolute atomic E-state index is 11.0. The number of aromatic nitrogens is 2. The molecule has 0 amide bonds. The van der Waals surface area contributed by atoms with Crippen LogP contribution >= 0.6 is 0 Å². The van der Waals surface area contributed by atoms with Gasteiger partial charge in [0.2, 0.25) is 0 Å². The highest BCUT2D eigenvalue weighted by Gasteiger charge is 2.07. The molecule has 5 nitrogen and oxygen atoms in total. The van der Waals surface area contributed by atoms with E-state index >= 15 is 0 Å². The summed E-state index contributed by atoms with van der Waals surface area (Å²) < 4.78 is 6.56. The number of methoxy groups -OCH3 is 1. The van der Waals surface area contributed by atoms with Crippen molar-refractivity contribution < 1.29 is 9.53 Å². The quantitative estimate of drug-likeness (QED) is 0.646. The van der Waals surface area contributed by atoms with E-state index in [9.17, 15) is 4.79 Å². The number of likely N-dealkylation sites (N-methyl/N-ethyl adjacent to an activating group) is 1. The molecule has 5 heteroatoms. The van der Waals surface area contributed by atoms with Crippen molar-refractivity contribution >= 4 is 5.97 Å². The number of rotatable bonds is 5. The summed E-state index contributed by atoms with van der Waals surface area (Å²) in [4.78, 5) is 17.1. The Hall–Kier alpha value is -1.36. The molecule has 0 fully saturated rings. The largest absolute Gasteiger partial charge is 0.468 e. The van der Waals surface area contributed by atoms with Gasteiger partial charge in [0.05, 0.1) is 13.7 Å². The van der Waals surface area contributed by atoms with Gasteiger partial charge in [-0.2, -0.15) is 0 Å². The van der Waals surface area contributed by atoms with Crippen LogP contribution in [0.25, 0.3) is 0 Å². The van der Waals surface area contributed by atoms with Crippen molar-refractivity contribution in [2.75, 3.05) is 27.2 Å². The molecular weight excluding hydrogens is 194 g/mol. The fourth-order valence-electron chi connectivity index (χ4n) is 1.29. The molecule has 1 rings (SSSR count). The molecule has 0 atom stereocenters. The minimum Gasteiger partial charge on any atom is -0.468 e. The second-order valence-corrected chi connectivity index (χ2v) is 3.52. The molecule has 0 aromatic carbocycles. The summed E-state index contributed by atoms with van der Waals surface area (Å²) in [7, 11) is 5.25. The summed E-state index contributed by atoms with van der Waals surface area (Å²) >= 11 is 0. The van der Waals surface area contributed by atoms with Crippen molar-refractivity contribution in [3.05, 3.63) is 18.2 Å². The monoisotopic (exact) mass is 211 g/mol. The molecule has 1 aromatic heterocycles. The zero-order chi connectivity index (χ0) is 11.3. The van der Waals surface area contributed by atoms with E-state index in [2.05, 4.69) is 9.72 Å². The minimum absolute atomic E-state index is 0.211. The average Bonchev–Trinajstić information content (AvgIpc) is 2.61. The Morgan fingerprint density at radius 3 is 2.93 bits per heavy atom. The lowest BCUT2D eigenvalue weighted by atomic mass is 10.3. The second-order valence-electron chi connectivity index (χ2n) is 3.52. The van der Waals surface area contributed by atoms with Gasteiger partial charge in [0.1, 0.15) is 5.82 Å². The third-order valence-electron chi connectivity index (χ3n) is 2.26. The molecule has 0 N–H and O–H groups in total. The van der Waals surface area contributed by atoms with Crippen LogP contribution in [0.1, 0.15) is 5.82 Å². The topological polar surface area (TPSA) is 47.4 Å². The van der Waals surface area contributed by atoms with Gasteiger partial charge in [-0.25, -0.2) is 4.98 Å². The first-order valence-electron chi connectivity index (χ1n) is 4.85. The maximum Gasteiger partial charge on any atom is 0.319 e. The Bertz CT molecular complexity index is 322. The van der Waals surface area contributed by atoms with Gasteiger partial charge >= 0.3 is 5.97 Å². The molecule has 0 saturated heterocycles. The highest BCUT2D eigenvalue weighted by molar-refractivity contribution is 5.71. The summed E-state index contributed by atoms with van der Waals surface area (Å²) in [5.41, 5.74) is 0. The van der Waals surface area contributed by atoms with Crippen LogP contribution in [-0.2, 0) is 23.0 Å². The summed E-state index contributed by atoms with van der Waals surface area (Å²) in [5.74, 6) is 0.809. The molecule has 15 heavy (non-hydrogen) atoms. The second kappa shape index (κ2) is 5.50. The number of nitrogens with zero attached hydrogens (tertiary/aromatic N) is 3. The fraction of sp³-hybridized carbons (Fsp3) is 0.600. The van der Waals surface area contributed by atoms with Crippen molar-refractivity contribution in [1.82, 2.24) is 14.5 Å². The van der Waals surface area contributed by atoms with Crippen LogP contribution < -0.4 is 0 Å². The van der Waals surface area contributed by atoms with Gasteiger partial charge in [-0.3, -0.25) is 9.69 Å². The number of ether oxygens (including phenoxy) is 1. The Morgan fingerprint density at radius 1 is 1.67 bits per heavy atom. The van der Waals surface area contributed by atoms with Crippen LogP contribution in [0.15, 0.2) is 12.4 Å².